The van der Waals surface area contributed by atoms with Crippen LogP contribution < -0.4 is 18.3 Å². The van der Waals surface area contributed by atoms with Crippen LogP contribution in [0.1, 0.15) is 281 Å². The van der Waals surface area contributed by atoms with E-state index in [-0.39, 0.29) is 11.1 Å². The zero-order chi connectivity index (χ0) is 67.6. The van der Waals surface area contributed by atoms with Crippen LogP contribution in [0.2, 0.25) is 0 Å². The number of aromatic nitrogens is 8. The number of aryl methyl sites for hydroxylation is 6. The lowest BCUT2D eigenvalue weighted by Crippen LogP contribution is -2.53. The molecule has 0 bridgehead atoms. The van der Waals surface area contributed by atoms with Gasteiger partial charge in [-0.3, -0.25) is 0 Å². The highest BCUT2D eigenvalue weighted by atomic mass is 15.2. The summed E-state index contributed by atoms with van der Waals surface area (Å²) in [6.45, 7) is 57.0. The fourth-order valence-electron chi connectivity index (χ4n) is 15.9. The quantitative estimate of drug-likeness (QED) is 0.0865. The van der Waals surface area contributed by atoms with Crippen LogP contribution in [-0.2, 0) is 24.2 Å². The van der Waals surface area contributed by atoms with Gasteiger partial charge in [-0.1, -0.05) is 207 Å². The molecule has 500 valence electrons. The second-order valence-corrected chi connectivity index (χ2v) is 33.3. The van der Waals surface area contributed by atoms with E-state index in [9.17, 15) is 0 Å². The smallest absolute Gasteiger partial charge is 0.237 e. The minimum Gasteiger partial charge on any atom is -0.237 e. The molecule has 0 unspecified atom stereocenters. The summed E-state index contributed by atoms with van der Waals surface area (Å²) in [7, 11) is 0. The Bertz CT molecular complexity index is 3280. The summed E-state index contributed by atoms with van der Waals surface area (Å²) >= 11 is 0. The second kappa shape index (κ2) is 31.3. The maximum atomic E-state index is 2.43. The van der Waals surface area contributed by atoms with Crippen molar-refractivity contribution in [2.75, 3.05) is 0 Å². The van der Waals surface area contributed by atoms with Crippen LogP contribution in [-0.4, -0.2) is 18.3 Å². The van der Waals surface area contributed by atoms with Crippen molar-refractivity contribution in [2.45, 2.75) is 291 Å². The largest absolute Gasteiger partial charge is 0.254 e. The molecule has 8 heteroatoms. The predicted molar refractivity (Wildman–Crippen MR) is 389 cm³/mol. The summed E-state index contributed by atoms with van der Waals surface area (Å²) in [4.78, 5) is 0. The van der Waals surface area contributed by atoms with Gasteiger partial charge in [-0.25, -0.2) is 36.5 Å². The van der Waals surface area contributed by atoms with Crippen LogP contribution in [0.5, 0.6) is 0 Å². The van der Waals surface area contributed by atoms with Crippen molar-refractivity contribution in [3.63, 3.8) is 0 Å². The maximum Gasteiger partial charge on any atom is 0.254 e. The van der Waals surface area contributed by atoms with Crippen molar-refractivity contribution in [3.05, 3.63) is 191 Å². The molecule has 8 nitrogen and oxygen atoms in total. The summed E-state index contributed by atoms with van der Waals surface area (Å²) in [5, 5.41) is 0. The first-order chi connectivity index (χ1) is 43.1. The van der Waals surface area contributed by atoms with Crippen molar-refractivity contribution >= 4 is 0 Å². The highest BCUT2D eigenvalue weighted by Gasteiger charge is 2.36. The zero-order valence-corrected chi connectivity index (χ0v) is 62.6. The van der Waals surface area contributed by atoms with Crippen molar-refractivity contribution in [1.82, 2.24) is 18.3 Å². The molecule has 0 amide bonds. The van der Waals surface area contributed by atoms with Gasteiger partial charge in [0.05, 0.1) is 13.1 Å². The molecule has 4 aromatic heterocycles. The van der Waals surface area contributed by atoms with E-state index in [4.69, 9.17) is 0 Å². The number of imidazole rings is 4. The fourth-order valence-corrected chi connectivity index (χ4v) is 15.9. The second-order valence-electron chi connectivity index (χ2n) is 33.3. The molecule has 0 N–H and O–H groups in total. The third kappa shape index (κ3) is 19.9. The monoisotopic (exact) mass is 1250 g/mol. The topological polar surface area (TPSA) is 35.2 Å². The number of para-hydroxylation sites is 2. The molecule has 2 aliphatic carbocycles. The summed E-state index contributed by atoms with van der Waals surface area (Å²) in [6, 6.07) is 22.5. The van der Waals surface area contributed by atoms with Crippen LogP contribution in [0.3, 0.4) is 0 Å². The molecule has 2 saturated carbocycles. The first-order valence-electron chi connectivity index (χ1n) is 35.9. The Hall–Kier alpha value is -6.28. The molecule has 0 aliphatic heterocycles. The van der Waals surface area contributed by atoms with Gasteiger partial charge in [0.25, 0.3) is 12.7 Å². The molecule has 4 aromatic carbocycles. The number of hydrogen-bond acceptors (Lipinski definition) is 0. The molecule has 10 rings (SSSR count). The maximum absolute atomic E-state index is 2.43. The summed E-state index contributed by atoms with van der Waals surface area (Å²) in [5.74, 6) is 3.79. The molecule has 0 spiro atoms. The van der Waals surface area contributed by atoms with E-state index in [1.54, 1.807) is 0 Å². The van der Waals surface area contributed by atoms with Gasteiger partial charge < -0.3 is 0 Å². The molecule has 92 heavy (non-hydrogen) atoms. The Balaban J connectivity index is 0.000000176. The third-order valence-electron chi connectivity index (χ3n) is 19.4. The van der Waals surface area contributed by atoms with Crippen LogP contribution in [0.4, 0.5) is 0 Å². The highest BCUT2D eigenvalue weighted by molar-refractivity contribution is 5.52. The van der Waals surface area contributed by atoms with E-state index in [0.717, 1.165) is 24.7 Å². The van der Waals surface area contributed by atoms with E-state index in [1.807, 2.05) is 0 Å². The van der Waals surface area contributed by atoms with Crippen LogP contribution >= 0.6 is 0 Å². The SMILES string of the molecule is CC(C)(C)CC(C)(C)n1cc[n+](C(C)(C)CC(C)(C)C)c1.CC(C)c1cccc(C(C)C)c1-n1cc[n+](-c2c(C(C)C)cccc2C(C)C)c1.Cc1cc(C)c(-n2cc[n+](-c3c(C)cc(C)cc3C)c2)c(C)c1.c1c[n+](CC2CCCCC2)cn1CC1CCCCC1. The molecule has 2 fully saturated rings. The van der Waals surface area contributed by atoms with Crippen molar-refractivity contribution in [1.29, 1.82) is 0 Å². The molecule has 0 atom stereocenters. The first-order valence-corrected chi connectivity index (χ1v) is 35.9. The van der Waals surface area contributed by atoms with Crippen LogP contribution in [0.15, 0.2) is 136 Å². The number of rotatable bonds is 16. The van der Waals surface area contributed by atoms with E-state index in [1.165, 1.54) is 156 Å². The van der Waals surface area contributed by atoms with Gasteiger partial charge >= 0.3 is 0 Å². The lowest BCUT2D eigenvalue weighted by Gasteiger charge is -2.31. The molecular formula is C84H128N8+4. The molecule has 0 saturated heterocycles. The van der Waals surface area contributed by atoms with Gasteiger partial charge in [0.1, 0.15) is 83.4 Å². The van der Waals surface area contributed by atoms with Crippen molar-refractivity contribution < 1.29 is 18.3 Å². The van der Waals surface area contributed by atoms with Gasteiger partial charge in [0.2, 0.25) is 12.7 Å². The normalized spacial score (nSPS) is 14.6. The average Bonchev–Trinajstić information content (AvgIpc) is 1.66. The standard InChI is InChI=1S/C27H37N2.C21H25N2.C19H37N2.C17H29N2/c1-18(2)22-11-9-12-23(19(3)4)26(22)28-15-16-29(17-28)27-24(20(5)6)13-10-14-25(27)21(7)8;1-14-9-16(3)20(17(4)10-14)22-7-8-23(13-22)21-18(5)11-15(2)12-19(21)6;1-16(2,3)13-18(7,8)20-11-12-21(15-20)19(9,10)14-17(4,5)6;1-3-7-16(8-4-1)13-18-11-12-19(15-18)14-17-9-5-2-6-10-17/h9-21H,1-8H3;7-13H,1-6H3;11-12,15H,13-14H2,1-10H3;11-12,15-17H,1-10,13-14H2/q4*+1. The Kier molecular flexibility index (Phi) is 24.9. The average molecular weight is 1250 g/mol. The molecule has 0 radical (unpaired) electrons. The molecule has 2 aliphatic rings. The summed E-state index contributed by atoms with van der Waals surface area (Å²) in [5.41, 5.74) is 19.6. The lowest BCUT2D eigenvalue weighted by molar-refractivity contribution is -0.760. The minimum absolute atomic E-state index is 0.140. The van der Waals surface area contributed by atoms with Crippen LogP contribution in [0.25, 0.3) is 22.7 Å². The zero-order valence-electron chi connectivity index (χ0n) is 62.6. The lowest BCUT2D eigenvalue weighted by atomic mass is 9.81. The Morgan fingerprint density at radius 2 is 0.870 bits per heavy atom. The molecule has 4 heterocycles. The van der Waals surface area contributed by atoms with Gasteiger partial charge in [0, 0.05) is 22.3 Å². The predicted octanol–water partition coefficient (Wildman–Crippen LogP) is 20.9. The highest BCUT2D eigenvalue weighted by Crippen LogP contribution is 2.36. The summed E-state index contributed by atoms with van der Waals surface area (Å²) in [6.07, 6.45) is 43.7. The number of nitrogens with zero attached hydrogens (tertiary/aromatic N) is 8. The Morgan fingerprint density at radius 3 is 1.34 bits per heavy atom. The Morgan fingerprint density at radius 1 is 0.435 bits per heavy atom. The first kappa shape index (κ1) is 73.1. The van der Waals surface area contributed by atoms with Crippen LogP contribution in [0, 0.1) is 64.2 Å². The van der Waals surface area contributed by atoms with E-state index in [0.29, 0.717) is 34.5 Å². The van der Waals surface area contributed by atoms with Gasteiger partial charge in [-0.15, -0.1) is 0 Å². The molecule has 8 aromatic rings. The van der Waals surface area contributed by atoms with E-state index < -0.39 is 0 Å². The molecular weight excluding hydrogens is 1120 g/mol. The van der Waals surface area contributed by atoms with E-state index >= 15 is 0 Å². The number of benzene rings is 4. The fraction of sp³-hybridized carbons (Fsp3) is 0.571. The van der Waals surface area contributed by atoms with Crippen molar-refractivity contribution in [2.24, 2.45) is 22.7 Å². The summed E-state index contributed by atoms with van der Waals surface area (Å²) < 4.78 is 18.7. The van der Waals surface area contributed by atoms with Gasteiger partial charge in [-0.2, -0.15) is 0 Å². The van der Waals surface area contributed by atoms with E-state index in [2.05, 4.69) is 338 Å². The van der Waals surface area contributed by atoms with Gasteiger partial charge in [0.15, 0.2) is 0 Å². The Labute approximate surface area is 561 Å². The third-order valence-corrected chi connectivity index (χ3v) is 19.4. The van der Waals surface area contributed by atoms with Gasteiger partial charge in [-0.05, 0) is 176 Å². The minimum atomic E-state index is 0.140. The number of hydrogen-bond donors (Lipinski definition) is 0. The van der Waals surface area contributed by atoms with Crippen molar-refractivity contribution in [3.8, 4) is 22.7 Å².